The van der Waals surface area contributed by atoms with Crippen LogP contribution in [0.1, 0.15) is 30.7 Å². The van der Waals surface area contributed by atoms with E-state index in [1.807, 2.05) is 48.5 Å². The second kappa shape index (κ2) is 7.66. The van der Waals surface area contributed by atoms with Crippen molar-refractivity contribution in [2.45, 2.75) is 31.4 Å². The van der Waals surface area contributed by atoms with Crippen molar-refractivity contribution in [1.82, 2.24) is 10.1 Å². The van der Waals surface area contributed by atoms with Crippen LogP contribution in [0.4, 0.5) is 0 Å². The Balaban J connectivity index is 0.00000196. The molecule has 2 aromatic carbocycles. The monoisotopic (exact) mass is 391 g/mol. The first-order valence-electron chi connectivity index (χ1n) is 8.23. The molecule has 0 aliphatic heterocycles. The molecule has 1 aliphatic carbocycles. The highest BCUT2D eigenvalue weighted by Gasteiger charge is 2.39. The van der Waals surface area contributed by atoms with Gasteiger partial charge in [0.15, 0.2) is 5.82 Å². The zero-order chi connectivity index (χ0) is 17.3. The molecule has 5 nitrogen and oxygen atoms in total. The van der Waals surface area contributed by atoms with Gasteiger partial charge in [-0.3, -0.25) is 0 Å². The summed E-state index contributed by atoms with van der Waals surface area (Å²) >= 11 is 5.89. The number of nitrogens with two attached hydrogens (primary N) is 1. The van der Waals surface area contributed by atoms with Crippen LogP contribution >= 0.6 is 24.0 Å². The minimum atomic E-state index is -0.426. The molecule has 0 amide bonds. The molecular weight excluding hydrogens is 373 g/mol. The third-order valence-corrected chi connectivity index (χ3v) is 4.77. The Morgan fingerprint density at radius 1 is 1.15 bits per heavy atom. The molecule has 1 aromatic heterocycles. The van der Waals surface area contributed by atoms with Gasteiger partial charge in [0.05, 0.1) is 5.54 Å². The van der Waals surface area contributed by atoms with Gasteiger partial charge in [0.25, 0.3) is 5.89 Å². The first-order chi connectivity index (χ1) is 12.1. The molecule has 7 heteroatoms. The van der Waals surface area contributed by atoms with Crippen molar-refractivity contribution < 1.29 is 9.26 Å². The Labute approximate surface area is 162 Å². The van der Waals surface area contributed by atoms with E-state index < -0.39 is 5.54 Å². The standard InChI is InChI=1S/C19H18ClN3O2.ClH/c20-15-7-5-13(6-8-15)12-24-16-4-1-3-14(11-16)17-22-18(23-25-17)19(21)9-2-10-19;/h1,3-8,11H,2,9-10,12,21H2;1H. The van der Waals surface area contributed by atoms with Gasteiger partial charge in [0, 0.05) is 10.6 Å². The number of nitrogens with zero attached hydrogens (tertiary/aromatic N) is 2. The van der Waals surface area contributed by atoms with Gasteiger partial charge in [-0.25, -0.2) is 0 Å². The molecule has 0 radical (unpaired) electrons. The summed E-state index contributed by atoms with van der Waals surface area (Å²) in [7, 11) is 0. The van der Waals surface area contributed by atoms with Crippen molar-refractivity contribution in [1.29, 1.82) is 0 Å². The number of benzene rings is 2. The molecule has 1 fully saturated rings. The van der Waals surface area contributed by atoms with E-state index in [1.165, 1.54) is 0 Å². The Kier molecular flexibility index (Phi) is 5.51. The number of hydrogen-bond donors (Lipinski definition) is 1. The lowest BCUT2D eigenvalue weighted by Crippen LogP contribution is -2.44. The van der Waals surface area contributed by atoms with Crippen LogP contribution in [-0.4, -0.2) is 10.1 Å². The molecule has 3 aromatic rings. The van der Waals surface area contributed by atoms with Crippen LogP contribution in [0.2, 0.25) is 5.02 Å². The quantitative estimate of drug-likeness (QED) is 0.680. The van der Waals surface area contributed by atoms with Crippen LogP contribution in [-0.2, 0) is 12.1 Å². The minimum Gasteiger partial charge on any atom is -0.489 e. The van der Waals surface area contributed by atoms with Crippen molar-refractivity contribution in [2.75, 3.05) is 0 Å². The maximum Gasteiger partial charge on any atom is 0.258 e. The number of halogens is 2. The molecule has 0 spiro atoms. The molecule has 4 rings (SSSR count). The summed E-state index contributed by atoms with van der Waals surface area (Å²) in [4.78, 5) is 4.47. The summed E-state index contributed by atoms with van der Waals surface area (Å²) in [5.41, 5.74) is 7.68. The SMILES string of the molecule is Cl.NC1(c2noc(-c3cccc(OCc4ccc(Cl)cc4)c3)n2)CCC1. The first-order valence-corrected chi connectivity index (χ1v) is 8.61. The smallest absolute Gasteiger partial charge is 0.258 e. The second-order valence-corrected chi connectivity index (χ2v) is 6.81. The first kappa shape index (κ1) is 18.7. The van der Waals surface area contributed by atoms with Gasteiger partial charge in [-0.15, -0.1) is 12.4 Å². The van der Waals surface area contributed by atoms with Gasteiger partial charge < -0.3 is 15.0 Å². The lowest BCUT2D eigenvalue weighted by molar-refractivity contribution is 0.229. The lowest BCUT2D eigenvalue weighted by Gasteiger charge is -2.34. The fourth-order valence-corrected chi connectivity index (χ4v) is 2.92. The summed E-state index contributed by atoms with van der Waals surface area (Å²) in [6.07, 6.45) is 2.90. The highest BCUT2D eigenvalue weighted by molar-refractivity contribution is 6.30. The predicted octanol–water partition coefficient (Wildman–Crippen LogP) is 4.73. The van der Waals surface area contributed by atoms with Crippen LogP contribution in [0.15, 0.2) is 53.1 Å². The van der Waals surface area contributed by atoms with E-state index in [-0.39, 0.29) is 12.4 Å². The van der Waals surface area contributed by atoms with E-state index in [0.717, 1.165) is 36.1 Å². The fraction of sp³-hybridized carbons (Fsp3) is 0.263. The number of rotatable bonds is 5. The fourth-order valence-electron chi connectivity index (χ4n) is 2.79. The molecule has 0 saturated heterocycles. The molecule has 136 valence electrons. The Hall–Kier alpha value is -2.08. The largest absolute Gasteiger partial charge is 0.489 e. The zero-order valence-corrected chi connectivity index (χ0v) is 15.6. The van der Waals surface area contributed by atoms with E-state index in [1.54, 1.807) is 0 Å². The molecule has 0 bridgehead atoms. The van der Waals surface area contributed by atoms with Crippen molar-refractivity contribution in [3.8, 4) is 17.2 Å². The number of hydrogen-bond acceptors (Lipinski definition) is 5. The second-order valence-electron chi connectivity index (χ2n) is 6.38. The van der Waals surface area contributed by atoms with Gasteiger partial charge in [-0.05, 0) is 55.2 Å². The highest BCUT2D eigenvalue weighted by Crippen LogP contribution is 2.37. The number of ether oxygens (including phenoxy) is 1. The summed E-state index contributed by atoms with van der Waals surface area (Å²) < 4.78 is 11.2. The van der Waals surface area contributed by atoms with Crippen LogP contribution < -0.4 is 10.5 Å². The van der Waals surface area contributed by atoms with Crippen molar-refractivity contribution in [3.63, 3.8) is 0 Å². The summed E-state index contributed by atoms with van der Waals surface area (Å²) in [6.45, 7) is 0.460. The average molecular weight is 392 g/mol. The molecule has 26 heavy (non-hydrogen) atoms. The molecular formula is C19H19Cl2N3O2. The summed E-state index contributed by atoms with van der Waals surface area (Å²) in [5.74, 6) is 1.78. The lowest BCUT2D eigenvalue weighted by atomic mass is 9.77. The molecule has 0 unspecified atom stereocenters. The van der Waals surface area contributed by atoms with Gasteiger partial charge >= 0.3 is 0 Å². The van der Waals surface area contributed by atoms with Crippen molar-refractivity contribution in [2.24, 2.45) is 5.73 Å². The molecule has 1 heterocycles. The van der Waals surface area contributed by atoms with E-state index >= 15 is 0 Å². The topological polar surface area (TPSA) is 74.2 Å². The number of aromatic nitrogens is 2. The Morgan fingerprint density at radius 2 is 1.92 bits per heavy atom. The third kappa shape index (κ3) is 3.85. The van der Waals surface area contributed by atoms with Gasteiger partial charge in [0.2, 0.25) is 0 Å². The molecule has 1 saturated carbocycles. The van der Waals surface area contributed by atoms with Crippen LogP contribution in [0.25, 0.3) is 11.5 Å². The average Bonchev–Trinajstić information content (AvgIpc) is 3.10. The maximum absolute atomic E-state index is 6.25. The van der Waals surface area contributed by atoms with E-state index in [0.29, 0.717) is 23.3 Å². The minimum absolute atomic E-state index is 0. The zero-order valence-electron chi connectivity index (χ0n) is 14.0. The Morgan fingerprint density at radius 3 is 2.62 bits per heavy atom. The van der Waals surface area contributed by atoms with Crippen LogP contribution in [0, 0.1) is 0 Å². The van der Waals surface area contributed by atoms with Gasteiger partial charge in [-0.2, -0.15) is 4.98 Å². The van der Waals surface area contributed by atoms with Crippen molar-refractivity contribution in [3.05, 3.63) is 64.9 Å². The highest BCUT2D eigenvalue weighted by atomic mass is 35.5. The van der Waals surface area contributed by atoms with E-state index in [2.05, 4.69) is 10.1 Å². The van der Waals surface area contributed by atoms with Crippen molar-refractivity contribution >= 4 is 24.0 Å². The third-order valence-electron chi connectivity index (χ3n) is 4.52. The van der Waals surface area contributed by atoms with Gasteiger partial charge in [-0.1, -0.05) is 35.0 Å². The molecule has 0 atom stereocenters. The molecule has 2 N–H and O–H groups in total. The molecule has 1 aliphatic rings. The summed E-state index contributed by atoms with van der Waals surface area (Å²) in [5, 5.41) is 4.76. The maximum atomic E-state index is 6.25. The van der Waals surface area contributed by atoms with E-state index in [9.17, 15) is 0 Å². The normalized spacial score (nSPS) is 15.0. The van der Waals surface area contributed by atoms with Crippen LogP contribution in [0.3, 0.4) is 0 Å². The van der Waals surface area contributed by atoms with Crippen LogP contribution in [0.5, 0.6) is 5.75 Å². The summed E-state index contributed by atoms with van der Waals surface area (Å²) in [6, 6.07) is 15.2. The Bertz CT molecular complexity index is 877. The van der Waals surface area contributed by atoms with E-state index in [4.69, 9.17) is 26.6 Å². The predicted molar refractivity (Wildman–Crippen MR) is 102 cm³/mol. The van der Waals surface area contributed by atoms with Gasteiger partial charge in [0.1, 0.15) is 12.4 Å².